The minimum atomic E-state index is -0.428. The summed E-state index contributed by atoms with van der Waals surface area (Å²) in [6.07, 6.45) is 0.352. The molecule has 0 aliphatic heterocycles. The molecule has 3 nitrogen and oxygen atoms in total. The SMILES string of the molecule is OCCCSCC(O)COCc1ccccc1. The smallest absolute Gasteiger partial charge is 0.0863 e. The highest BCUT2D eigenvalue weighted by Crippen LogP contribution is 2.06. The standard InChI is InChI=1S/C13H20O3S/c14-7-4-8-17-11-13(15)10-16-9-12-5-2-1-3-6-12/h1-3,5-6,13-15H,4,7-11H2. The molecule has 4 heteroatoms. The number of aliphatic hydroxyl groups is 2. The van der Waals surface area contributed by atoms with Gasteiger partial charge in [0.15, 0.2) is 0 Å². The summed E-state index contributed by atoms with van der Waals surface area (Å²) in [6, 6.07) is 9.92. The molecular formula is C13H20O3S. The van der Waals surface area contributed by atoms with Gasteiger partial charge in [-0.05, 0) is 17.7 Å². The average molecular weight is 256 g/mol. The highest BCUT2D eigenvalue weighted by molar-refractivity contribution is 7.99. The van der Waals surface area contributed by atoms with Crippen molar-refractivity contribution in [3.8, 4) is 0 Å². The predicted octanol–water partition coefficient (Wildman–Crippen LogP) is 1.68. The Hall–Kier alpha value is -0.550. The van der Waals surface area contributed by atoms with Gasteiger partial charge in [-0.1, -0.05) is 30.3 Å². The molecule has 0 spiro atoms. The van der Waals surface area contributed by atoms with E-state index in [1.165, 1.54) is 0 Å². The first-order valence-electron chi connectivity index (χ1n) is 5.81. The molecule has 1 aromatic carbocycles. The van der Waals surface area contributed by atoms with Crippen LogP contribution in [0.1, 0.15) is 12.0 Å². The summed E-state index contributed by atoms with van der Waals surface area (Å²) in [6.45, 7) is 1.12. The molecule has 17 heavy (non-hydrogen) atoms. The molecule has 0 saturated carbocycles. The van der Waals surface area contributed by atoms with Gasteiger partial charge >= 0.3 is 0 Å². The molecule has 0 radical (unpaired) electrons. The van der Waals surface area contributed by atoms with Gasteiger partial charge in [-0.3, -0.25) is 0 Å². The molecule has 0 aliphatic rings. The van der Waals surface area contributed by atoms with Crippen molar-refractivity contribution < 1.29 is 14.9 Å². The summed E-state index contributed by atoms with van der Waals surface area (Å²) in [5.41, 5.74) is 1.12. The maximum atomic E-state index is 9.62. The maximum absolute atomic E-state index is 9.62. The van der Waals surface area contributed by atoms with Crippen LogP contribution in [0.25, 0.3) is 0 Å². The second-order valence-corrected chi connectivity index (χ2v) is 4.96. The lowest BCUT2D eigenvalue weighted by Gasteiger charge is -2.10. The Bertz CT molecular complexity index is 279. The lowest BCUT2D eigenvalue weighted by Crippen LogP contribution is -2.18. The Labute approximate surface area is 107 Å². The molecular weight excluding hydrogens is 236 g/mol. The van der Waals surface area contributed by atoms with Crippen LogP contribution in [-0.2, 0) is 11.3 Å². The van der Waals surface area contributed by atoms with Crippen LogP contribution in [0, 0.1) is 0 Å². The summed E-state index contributed by atoms with van der Waals surface area (Å²) in [5.74, 6) is 1.54. The molecule has 0 amide bonds. The van der Waals surface area contributed by atoms with Crippen molar-refractivity contribution >= 4 is 11.8 Å². The van der Waals surface area contributed by atoms with Gasteiger partial charge in [0, 0.05) is 12.4 Å². The number of thioether (sulfide) groups is 1. The number of ether oxygens (including phenoxy) is 1. The Balaban J connectivity index is 2.02. The zero-order valence-corrected chi connectivity index (χ0v) is 10.7. The van der Waals surface area contributed by atoms with E-state index in [9.17, 15) is 5.11 Å². The summed E-state index contributed by atoms with van der Waals surface area (Å²) < 4.78 is 5.43. The van der Waals surface area contributed by atoms with Crippen molar-refractivity contribution in [3.63, 3.8) is 0 Å². The predicted molar refractivity (Wildman–Crippen MR) is 71.1 cm³/mol. The van der Waals surface area contributed by atoms with E-state index in [2.05, 4.69) is 0 Å². The first-order chi connectivity index (χ1) is 8.33. The fraction of sp³-hybridized carbons (Fsp3) is 0.538. The lowest BCUT2D eigenvalue weighted by molar-refractivity contribution is 0.0398. The minimum Gasteiger partial charge on any atom is -0.396 e. The van der Waals surface area contributed by atoms with Gasteiger partial charge in [0.05, 0.1) is 19.3 Å². The Morgan fingerprint density at radius 3 is 2.71 bits per heavy atom. The number of rotatable bonds is 9. The van der Waals surface area contributed by atoms with E-state index in [1.807, 2.05) is 30.3 Å². The number of hydrogen-bond donors (Lipinski definition) is 2. The van der Waals surface area contributed by atoms with E-state index in [0.717, 1.165) is 17.7 Å². The van der Waals surface area contributed by atoms with Crippen molar-refractivity contribution in [2.75, 3.05) is 24.7 Å². The lowest BCUT2D eigenvalue weighted by atomic mass is 10.2. The topological polar surface area (TPSA) is 49.7 Å². The highest BCUT2D eigenvalue weighted by Gasteiger charge is 2.04. The minimum absolute atomic E-state index is 0.216. The molecule has 1 atom stereocenters. The molecule has 0 aliphatic carbocycles. The Kier molecular flexibility index (Phi) is 8.09. The summed E-state index contributed by atoms with van der Waals surface area (Å²) in [7, 11) is 0. The van der Waals surface area contributed by atoms with Crippen LogP contribution in [0.3, 0.4) is 0 Å². The molecule has 1 unspecified atom stereocenters. The first-order valence-corrected chi connectivity index (χ1v) is 6.96. The van der Waals surface area contributed by atoms with E-state index in [1.54, 1.807) is 11.8 Å². The van der Waals surface area contributed by atoms with E-state index < -0.39 is 6.10 Å². The Morgan fingerprint density at radius 1 is 1.24 bits per heavy atom. The van der Waals surface area contributed by atoms with Crippen LogP contribution in [-0.4, -0.2) is 41.0 Å². The molecule has 0 bridgehead atoms. The third-order valence-electron chi connectivity index (χ3n) is 2.18. The maximum Gasteiger partial charge on any atom is 0.0863 e. The van der Waals surface area contributed by atoms with Gasteiger partial charge in [0.1, 0.15) is 0 Å². The number of aliphatic hydroxyl groups excluding tert-OH is 2. The Morgan fingerprint density at radius 2 is 2.00 bits per heavy atom. The normalized spacial score (nSPS) is 12.6. The third kappa shape index (κ3) is 7.39. The number of hydrogen-bond acceptors (Lipinski definition) is 4. The van der Waals surface area contributed by atoms with Crippen LogP contribution >= 0.6 is 11.8 Å². The van der Waals surface area contributed by atoms with Crippen molar-refractivity contribution in [3.05, 3.63) is 35.9 Å². The largest absolute Gasteiger partial charge is 0.396 e. The van der Waals surface area contributed by atoms with Crippen LogP contribution in [0.5, 0.6) is 0 Å². The van der Waals surface area contributed by atoms with Gasteiger partial charge in [0.25, 0.3) is 0 Å². The van der Waals surface area contributed by atoms with Gasteiger partial charge in [-0.2, -0.15) is 11.8 Å². The molecule has 0 fully saturated rings. The van der Waals surface area contributed by atoms with Crippen LogP contribution in [0.4, 0.5) is 0 Å². The molecule has 0 saturated heterocycles. The summed E-state index contributed by atoms with van der Waals surface area (Å²) >= 11 is 1.64. The van der Waals surface area contributed by atoms with E-state index >= 15 is 0 Å². The molecule has 1 rings (SSSR count). The van der Waals surface area contributed by atoms with Gasteiger partial charge in [-0.25, -0.2) is 0 Å². The van der Waals surface area contributed by atoms with E-state index in [4.69, 9.17) is 9.84 Å². The fourth-order valence-corrected chi connectivity index (χ4v) is 2.19. The zero-order chi connectivity index (χ0) is 12.3. The quantitative estimate of drug-likeness (QED) is 0.660. The molecule has 2 N–H and O–H groups in total. The zero-order valence-electron chi connectivity index (χ0n) is 9.92. The van der Waals surface area contributed by atoms with E-state index in [-0.39, 0.29) is 6.61 Å². The third-order valence-corrected chi connectivity index (χ3v) is 3.38. The van der Waals surface area contributed by atoms with Crippen LogP contribution in [0.2, 0.25) is 0 Å². The van der Waals surface area contributed by atoms with Crippen LogP contribution < -0.4 is 0 Å². The van der Waals surface area contributed by atoms with Crippen molar-refractivity contribution in [1.29, 1.82) is 0 Å². The highest BCUT2D eigenvalue weighted by atomic mass is 32.2. The van der Waals surface area contributed by atoms with Gasteiger partial charge < -0.3 is 14.9 Å². The van der Waals surface area contributed by atoms with Gasteiger partial charge in [0.2, 0.25) is 0 Å². The second-order valence-electron chi connectivity index (χ2n) is 3.81. The van der Waals surface area contributed by atoms with Crippen molar-refractivity contribution in [2.45, 2.75) is 19.1 Å². The molecule has 96 valence electrons. The summed E-state index contributed by atoms with van der Waals surface area (Å²) in [5, 5.41) is 18.2. The number of benzene rings is 1. The monoisotopic (exact) mass is 256 g/mol. The second kappa shape index (κ2) is 9.48. The molecule has 0 heterocycles. The molecule has 0 aromatic heterocycles. The fourth-order valence-electron chi connectivity index (χ4n) is 1.32. The molecule has 1 aromatic rings. The average Bonchev–Trinajstić information content (AvgIpc) is 2.36. The van der Waals surface area contributed by atoms with Crippen molar-refractivity contribution in [2.24, 2.45) is 0 Å². The van der Waals surface area contributed by atoms with E-state index in [0.29, 0.717) is 19.0 Å². The van der Waals surface area contributed by atoms with Crippen molar-refractivity contribution in [1.82, 2.24) is 0 Å². The summed E-state index contributed by atoms with van der Waals surface area (Å²) in [4.78, 5) is 0. The van der Waals surface area contributed by atoms with Crippen LogP contribution in [0.15, 0.2) is 30.3 Å². The first kappa shape index (κ1) is 14.5. The van der Waals surface area contributed by atoms with Gasteiger partial charge in [-0.15, -0.1) is 0 Å².